The predicted molar refractivity (Wildman–Crippen MR) is 106 cm³/mol. The molecule has 0 bridgehead atoms. The molecule has 0 atom stereocenters. The normalized spacial score (nSPS) is 15.0. The summed E-state index contributed by atoms with van der Waals surface area (Å²) in [6.45, 7) is 6.38. The van der Waals surface area contributed by atoms with E-state index in [0.717, 1.165) is 30.7 Å². The van der Waals surface area contributed by atoms with Crippen molar-refractivity contribution >= 4 is 28.7 Å². The number of nitrogens with zero attached hydrogens (tertiary/aromatic N) is 1. The Morgan fingerprint density at radius 2 is 1.88 bits per heavy atom. The zero-order valence-electron chi connectivity index (χ0n) is 14.4. The molecule has 0 saturated heterocycles. The van der Waals surface area contributed by atoms with Crippen LogP contribution in [-0.2, 0) is 6.42 Å². The number of nitrogens with one attached hydrogen (secondary N) is 2. The molecule has 0 saturated carbocycles. The number of aryl methyl sites for hydroxylation is 3. The second-order valence-corrected chi connectivity index (χ2v) is 6.86. The monoisotopic (exact) mass is 337 g/mol. The number of hydrazone groups is 1. The first-order valence-corrected chi connectivity index (χ1v) is 8.74. The molecule has 1 aliphatic carbocycles. The summed E-state index contributed by atoms with van der Waals surface area (Å²) in [6.07, 6.45) is 3.25. The minimum atomic E-state index is 0.518. The largest absolute Gasteiger partial charge is 0.331 e. The fraction of sp³-hybridized carbons (Fsp3) is 0.300. The Hall–Kier alpha value is -2.20. The van der Waals surface area contributed by atoms with Crippen molar-refractivity contribution in [1.82, 2.24) is 5.43 Å². The Morgan fingerprint density at radius 3 is 2.67 bits per heavy atom. The summed E-state index contributed by atoms with van der Waals surface area (Å²) < 4.78 is 0. The lowest BCUT2D eigenvalue weighted by molar-refractivity contribution is 0.821. The van der Waals surface area contributed by atoms with Crippen molar-refractivity contribution in [3.05, 3.63) is 64.2 Å². The summed E-state index contributed by atoms with van der Waals surface area (Å²) in [6, 6.07) is 12.6. The van der Waals surface area contributed by atoms with Crippen molar-refractivity contribution in [3.8, 4) is 0 Å². The van der Waals surface area contributed by atoms with Gasteiger partial charge in [-0.05, 0) is 87.1 Å². The van der Waals surface area contributed by atoms with Crippen LogP contribution in [-0.4, -0.2) is 10.8 Å². The lowest BCUT2D eigenvalue weighted by atomic mass is 9.86. The summed E-state index contributed by atoms with van der Waals surface area (Å²) in [5, 5.41) is 8.29. The lowest BCUT2D eigenvalue weighted by Gasteiger charge is -2.21. The van der Waals surface area contributed by atoms with Crippen molar-refractivity contribution in [2.24, 2.45) is 5.10 Å². The maximum absolute atomic E-state index is 5.37. The smallest absolute Gasteiger partial charge is 0.191 e. The third-order valence-electron chi connectivity index (χ3n) is 4.34. The van der Waals surface area contributed by atoms with Gasteiger partial charge in [0.05, 0.1) is 5.71 Å². The van der Waals surface area contributed by atoms with E-state index < -0.39 is 0 Å². The molecule has 3 nitrogen and oxygen atoms in total. The number of hydrogen-bond donors (Lipinski definition) is 2. The van der Waals surface area contributed by atoms with Gasteiger partial charge >= 0.3 is 0 Å². The minimum absolute atomic E-state index is 0.518. The lowest BCUT2D eigenvalue weighted by Crippen LogP contribution is -2.26. The molecule has 0 spiro atoms. The Balaban J connectivity index is 1.75. The van der Waals surface area contributed by atoms with Crippen LogP contribution in [0.4, 0.5) is 5.69 Å². The number of thiocarbonyl (C=S) groups is 1. The van der Waals surface area contributed by atoms with Crippen LogP contribution in [0.5, 0.6) is 0 Å². The molecule has 0 amide bonds. The molecule has 0 radical (unpaired) electrons. The molecule has 2 N–H and O–H groups in total. The van der Waals surface area contributed by atoms with Gasteiger partial charge in [0.1, 0.15) is 0 Å². The maximum atomic E-state index is 5.37. The van der Waals surface area contributed by atoms with E-state index in [4.69, 9.17) is 12.2 Å². The van der Waals surface area contributed by atoms with Crippen molar-refractivity contribution in [2.45, 2.75) is 40.0 Å². The SMILES string of the molecule is Cc1cccc(NC(=S)NN=C2CCCc3c(C)cc(C)cc32)c1. The average molecular weight is 337 g/mol. The molecule has 1 aliphatic rings. The quantitative estimate of drug-likeness (QED) is 0.619. The molecule has 24 heavy (non-hydrogen) atoms. The van der Waals surface area contributed by atoms with Crippen LogP contribution in [0.25, 0.3) is 0 Å². The van der Waals surface area contributed by atoms with E-state index >= 15 is 0 Å². The van der Waals surface area contributed by atoms with E-state index in [2.05, 4.69) is 60.9 Å². The van der Waals surface area contributed by atoms with Crippen LogP contribution >= 0.6 is 12.2 Å². The van der Waals surface area contributed by atoms with Crippen molar-refractivity contribution in [3.63, 3.8) is 0 Å². The molecule has 0 aliphatic heterocycles. The van der Waals surface area contributed by atoms with Crippen LogP contribution in [0, 0.1) is 20.8 Å². The molecule has 0 unspecified atom stereocenters. The van der Waals surface area contributed by atoms with Gasteiger partial charge in [0.15, 0.2) is 5.11 Å². The van der Waals surface area contributed by atoms with E-state index in [0.29, 0.717) is 5.11 Å². The number of benzene rings is 2. The first kappa shape index (κ1) is 16.7. The summed E-state index contributed by atoms with van der Waals surface area (Å²) in [4.78, 5) is 0. The fourth-order valence-corrected chi connectivity index (χ4v) is 3.43. The van der Waals surface area contributed by atoms with Crippen LogP contribution in [0.1, 0.15) is 40.7 Å². The highest BCUT2D eigenvalue weighted by molar-refractivity contribution is 7.80. The minimum Gasteiger partial charge on any atom is -0.331 e. The molecule has 124 valence electrons. The van der Waals surface area contributed by atoms with Gasteiger partial charge in [0.25, 0.3) is 0 Å². The molecule has 3 rings (SSSR count). The van der Waals surface area contributed by atoms with Crippen molar-refractivity contribution in [1.29, 1.82) is 0 Å². The number of hydrogen-bond acceptors (Lipinski definition) is 2. The topological polar surface area (TPSA) is 36.4 Å². The van der Waals surface area contributed by atoms with Crippen LogP contribution in [0.15, 0.2) is 41.5 Å². The summed E-state index contributed by atoms with van der Waals surface area (Å²) >= 11 is 5.37. The van der Waals surface area contributed by atoms with E-state index in [1.165, 1.54) is 27.8 Å². The van der Waals surface area contributed by atoms with Gasteiger partial charge in [-0.1, -0.05) is 23.8 Å². The van der Waals surface area contributed by atoms with Gasteiger partial charge in [0, 0.05) is 11.3 Å². The van der Waals surface area contributed by atoms with E-state index in [1.54, 1.807) is 0 Å². The van der Waals surface area contributed by atoms with E-state index in [9.17, 15) is 0 Å². The molecule has 0 aromatic heterocycles. The Morgan fingerprint density at radius 1 is 1.04 bits per heavy atom. The summed E-state index contributed by atoms with van der Waals surface area (Å²) in [7, 11) is 0. The van der Waals surface area contributed by atoms with Crippen LogP contribution in [0.3, 0.4) is 0 Å². The molecule has 0 heterocycles. The third-order valence-corrected chi connectivity index (χ3v) is 4.53. The first-order valence-electron chi connectivity index (χ1n) is 8.33. The van der Waals surface area contributed by atoms with Gasteiger partial charge in [-0.25, -0.2) is 0 Å². The summed E-state index contributed by atoms with van der Waals surface area (Å²) in [5.74, 6) is 0. The molecule has 0 fully saturated rings. The van der Waals surface area contributed by atoms with Crippen LogP contribution < -0.4 is 10.7 Å². The van der Waals surface area contributed by atoms with Gasteiger partial charge < -0.3 is 5.32 Å². The number of anilines is 1. The molecule has 4 heteroatoms. The molecule has 2 aromatic carbocycles. The Bertz CT molecular complexity index is 809. The second kappa shape index (κ2) is 7.14. The van der Waals surface area contributed by atoms with E-state index in [-0.39, 0.29) is 0 Å². The number of rotatable bonds is 2. The molecular weight excluding hydrogens is 314 g/mol. The second-order valence-electron chi connectivity index (χ2n) is 6.46. The average Bonchev–Trinajstić information content (AvgIpc) is 2.53. The van der Waals surface area contributed by atoms with Crippen LogP contribution in [0.2, 0.25) is 0 Å². The first-order chi connectivity index (χ1) is 11.5. The predicted octanol–water partition coefficient (Wildman–Crippen LogP) is 4.64. The van der Waals surface area contributed by atoms with Crippen molar-refractivity contribution < 1.29 is 0 Å². The van der Waals surface area contributed by atoms with Gasteiger partial charge in [-0.3, -0.25) is 5.43 Å². The standard InChI is InChI=1S/C20H23N3S/c1-13-6-4-7-16(11-13)21-20(24)23-22-19-9-5-8-17-15(3)10-14(2)12-18(17)19/h4,6-7,10-12H,5,8-9H2,1-3H3,(H2,21,23,24). The zero-order chi connectivity index (χ0) is 17.1. The Labute approximate surface area is 149 Å². The van der Waals surface area contributed by atoms with Crippen molar-refractivity contribution in [2.75, 3.05) is 5.32 Å². The van der Waals surface area contributed by atoms with E-state index in [1.807, 2.05) is 12.1 Å². The zero-order valence-corrected chi connectivity index (χ0v) is 15.3. The molecule has 2 aromatic rings. The van der Waals surface area contributed by atoms with Gasteiger partial charge in [-0.15, -0.1) is 0 Å². The summed E-state index contributed by atoms with van der Waals surface area (Å²) in [5.41, 5.74) is 11.6. The highest BCUT2D eigenvalue weighted by Gasteiger charge is 2.17. The Kier molecular flexibility index (Phi) is 4.95. The highest BCUT2D eigenvalue weighted by atomic mass is 32.1. The van der Waals surface area contributed by atoms with Gasteiger partial charge in [0.2, 0.25) is 0 Å². The fourth-order valence-electron chi connectivity index (χ4n) is 3.27. The van der Waals surface area contributed by atoms with Gasteiger partial charge in [-0.2, -0.15) is 5.10 Å². The maximum Gasteiger partial charge on any atom is 0.191 e. The highest BCUT2D eigenvalue weighted by Crippen LogP contribution is 2.26. The molecular formula is C20H23N3S. The number of fused-ring (bicyclic) bond motifs is 1. The third kappa shape index (κ3) is 3.82.